The molecule has 2 aliphatic rings. The highest BCUT2D eigenvalue weighted by Gasteiger charge is 2.31. The molecular formula is C12H18O. The molecule has 0 heterocycles. The van der Waals surface area contributed by atoms with E-state index in [0.717, 1.165) is 30.3 Å². The molecule has 0 unspecified atom stereocenters. The molecule has 1 heteroatoms. The molecule has 0 N–H and O–H groups in total. The molecule has 0 aromatic rings. The Morgan fingerprint density at radius 2 is 2.00 bits per heavy atom. The number of allylic oxidation sites excluding steroid dienone is 2. The zero-order valence-electron chi connectivity index (χ0n) is 8.60. The fourth-order valence-corrected chi connectivity index (χ4v) is 2.93. The number of carbonyl (C=O) groups excluding carboxylic acids is 1. The maximum atomic E-state index is 11.4. The first-order chi connectivity index (χ1) is 6.20. The van der Waals surface area contributed by atoms with Crippen LogP contribution < -0.4 is 0 Å². The van der Waals surface area contributed by atoms with Crippen LogP contribution in [0.3, 0.4) is 0 Å². The van der Waals surface area contributed by atoms with Gasteiger partial charge in [-0.15, -0.1) is 0 Å². The Morgan fingerprint density at radius 1 is 1.23 bits per heavy atom. The van der Waals surface area contributed by atoms with Crippen LogP contribution in [0.5, 0.6) is 0 Å². The second kappa shape index (κ2) is 3.28. The average molecular weight is 178 g/mol. The van der Waals surface area contributed by atoms with Gasteiger partial charge < -0.3 is 0 Å². The van der Waals surface area contributed by atoms with Crippen molar-refractivity contribution in [2.75, 3.05) is 0 Å². The van der Waals surface area contributed by atoms with E-state index in [2.05, 4.69) is 6.92 Å². The first-order valence-electron chi connectivity index (χ1n) is 5.43. The minimum absolute atomic E-state index is 0.397. The number of rotatable bonds is 1. The molecule has 0 saturated heterocycles. The van der Waals surface area contributed by atoms with Crippen molar-refractivity contribution in [3.8, 4) is 0 Å². The lowest BCUT2D eigenvalue weighted by atomic mass is 9.88. The molecule has 0 aromatic heterocycles. The van der Waals surface area contributed by atoms with Gasteiger partial charge in [0.25, 0.3) is 0 Å². The van der Waals surface area contributed by atoms with Gasteiger partial charge in [-0.2, -0.15) is 0 Å². The van der Waals surface area contributed by atoms with Gasteiger partial charge in [0.1, 0.15) is 0 Å². The second-order valence-corrected chi connectivity index (χ2v) is 4.59. The van der Waals surface area contributed by atoms with Gasteiger partial charge in [-0.3, -0.25) is 4.79 Å². The molecule has 2 aliphatic carbocycles. The van der Waals surface area contributed by atoms with E-state index in [1.807, 2.05) is 6.92 Å². The predicted molar refractivity (Wildman–Crippen MR) is 53.4 cm³/mol. The third-order valence-electron chi connectivity index (χ3n) is 3.83. The van der Waals surface area contributed by atoms with E-state index < -0.39 is 0 Å². The Hall–Kier alpha value is -0.590. The molecular weight excluding hydrogens is 160 g/mol. The minimum Gasteiger partial charge on any atom is -0.295 e. The summed E-state index contributed by atoms with van der Waals surface area (Å²) in [5.41, 5.74) is 2.59. The van der Waals surface area contributed by atoms with Crippen molar-refractivity contribution >= 4 is 5.78 Å². The van der Waals surface area contributed by atoms with Crippen molar-refractivity contribution in [3.63, 3.8) is 0 Å². The van der Waals surface area contributed by atoms with E-state index in [1.165, 1.54) is 24.8 Å². The van der Waals surface area contributed by atoms with Crippen molar-refractivity contribution in [3.05, 3.63) is 11.1 Å². The van der Waals surface area contributed by atoms with Crippen LogP contribution in [0.25, 0.3) is 0 Å². The molecule has 0 bridgehead atoms. The Kier molecular flexibility index (Phi) is 2.27. The highest BCUT2D eigenvalue weighted by Crippen LogP contribution is 2.41. The number of hydrogen-bond acceptors (Lipinski definition) is 1. The Bertz CT molecular complexity index is 262. The van der Waals surface area contributed by atoms with E-state index in [4.69, 9.17) is 0 Å². The fraction of sp³-hybridized carbons (Fsp3) is 0.750. The van der Waals surface area contributed by atoms with Gasteiger partial charge in [0, 0.05) is 6.42 Å². The largest absolute Gasteiger partial charge is 0.295 e. The summed E-state index contributed by atoms with van der Waals surface area (Å²) in [7, 11) is 0. The van der Waals surface area contributed by atoms with Crippen LogP contribution >= 0.6 is 0 Å². The molecule has 72 valence electrons. The predicted octanol–water partition coefficient (Wildman–Crippen LogP) is 3.10. The Balaban J connectivity index is 2.21. The number of carbonyl (C=O) groups is 1. The average Bonchev–Trinajstić information content (AvgIpc) is 2.62. The molecule has 2 atom stereocenters. The third-order valence-corrected chi connectivity index (χ3v) is 3.83. The number of Topliss-reactive ketones (excluding diaryl/α,β-unsaturated/α-hetero) is 1. The molecule has 0 spiro atoms. The van der Waals surface area contributed by atoms with Gasteiger partial charge in [0.05, 0.1) is 0 Å². The molecule has 1 fully saturated rings. The van der Waals surface area contributed by atoms with Gasteiger partial charge in [0.15, 0.2) is 5.78 Å². The van der Waals surface area contributed by atoms with Gasteiger partial charge in [-0.25, -0.2) is 0 Å². The minimum atomic E-state index is 0.397. The van der Waals surface area contributed by atoms with Gasteiger partial charge in [-0.05, 0) is 37.2 Å². The first kappa shape index (κ1) is 8.98. The summed E-state index contributed by atoms with van der Waals surface area (Å²) in [6.45, 7) is 4.36. The summed E-state index contributed by atoms with van der Waals surface area (Å²) >= 11 is 0. The van der Waals surface area contributed by atoms with Crippen LogP contribution in [0, 0.1) is 11.8 Å². The van der Waals surface area contributed by atoms with E-state index in [1.54, 1.807) is 0 Å². The third kappa shape index (κ3) is 1.45. The van der Waals surface area contributed by atoms with Crippen molar-refractivity contribution in [1.82, 2.24) is 0 Å². The van der Waals surface area contributed by atoms with Gasteiger partial charge in [0.2, 0.25) is 0 Å². The van der Waals surface area contributed by atoms with Crippen molar-refractivity contribution < 1.29 is 4.79 Å². The molecule has 2 rings (SSSR count). The molecule has 0 aromatic carbocycles. The maximum Gasteiger partial charge on any atom is 0.158 e. The Morgan fingerprint density at radius 3 is 2.46 bits per heavy atom. The van der Waals surface area contributed by atoms with Crippen LogP contribution in [0.15, 0.2) is 11.1 Å². The van der Waals surface area contributed by atoms with Crippen LogP contribution in [0.4, 0.5) is 0 Å². The normalized spacial score (nSPS) is 34.8. The van der Waals surface area contributed by atoms with E-state index in [-0.39, 0.29) is 0 Å². The van der Waals surface area contributed by atoms with Crippen LogP contribution in [0.1, 0.15) is 46.0 Å². The maximum absolute atomic E-state index is 11.4. The molecule has 1 nitrogen and oxygen atoms in total. The number of ketones is 1. The van der Waals surface area contributed by atoms with Gasteiger partial charge in [-0.1, -0.05) is 25.3 Å². The van der Waals surface area contributed by atoms with Crippen molar-refractivity contribution in [2.24, 2.45) is 11.8 Å². The lowest BCUT2D eigenvalue weighted by Gasteiger charge is -2.17. The summed E-state index contributed by atoms with van der Waals surface area (Å²) in [6.07, 6.45) is 5.87. The number of hydrogen-bond donors (Lipinski definition) is 0. The SMILES string of the molecule is CC1=C([C@@H]2CCC[C@H]2C)CCC1=O. The van der Waals surface area contributed by atoms with Crippen molar-refractivity contribution in [1.29, 1.82) is 0 Å². The van der Waals surface area contributed by atoms with Gasteiger partial charge >= 0.3 is 0 Å². The van der Waals surface area contributed by atoms with Crippen molar-refractivity contribution in [2.45, 2.75) is 46.0 Å². The zero-order valence-corrected chi connectivity index (χ0v) is 8.60. The lowest BCUT2D eigenvalue weighted by Crippen LogP contribution is -2.07. The monoisotopic (exact) mass is 178 g/mol. The Labute approximate surface area is 80.2 Å². The molecule has 0 aliphatic heterocycles. The van der Waals surface area contributed by atoms with E-state index >= 15 is 0 Å². The van der Waals surface area contributed by atoms with Crippen LogP contribution in [-0.2, 0) is 4.79 Å². The second-order valence-electron chi connectivity index (χ2n) is 4.59. The lowest BCUT2D eigenvalue weighted by molar-refractivity contribution is -0.114. The highest BCUT2D eigenvalue weighted by atomic mass is 16.1. The first-order valence-corrected chi connectivity index (χ1v) is 5.43. The smallest absolute Gasteiger partial charge is 0.158 e. The topological polar surface area (TPSA) is 17.1 Å². The summed E-state index contributed by atoms with van der Waals surface area (Å²) in [4.78, 5) is 11.4. The van der Waals surface area contributed by atoms with E-state index in [0.29, 0.717) is 5.78 Å². The standard InChI is InChI=1S/C12H18O/c1-8-4-3-5-10(8)11-6-7-12(13)9(11)2/h8,10H,3-7H2,1-2H3/t8-,10-/m1/s1. The molecule has 13 heavy (non-hydrogen) atoms. The highest BCUT2D eigenvalue weighted by molar-refractivity contribution is 5.98. The zero-order chi connectivity index (χ0) is 9.42. The molecule has 0 radical (unpaired) electrons. The molecule has 1 saturated carbocycles. The summed E-state index contributed by atoms with van der Waals surface area (Å²) < 4.78 is 0. The quantitative estimate of drug-likeness (QED) is 0.603. The fourth-order valence-electron chi connectivity index (χ4n) is 2.93. The summed E-state index contributed by atoms with van der Waals surface area (Å²) in [6, 6.07) is 0. The summed E-state index contributed by atoms with van der Waals surface area (Å²) in [5.74, 6) is 1.95. The van der Waals surface area contributed by atoms with E-state index in [9.17, 15) is 4.79 Å². The van der Waals surface area contributed by atoms with Crippen LogP contribution in [-0.4, -0.2) is 5.78 Å². The molecule has 0 amide bonds. The van der Waals surface area contributed by atoms with Crippen LogP contribution in [0.2, 0.25) is 0 Å². The summed E-state index contributed by atoms with van der Waals surface area (Å²) in [5, 5.41) is 0.